The molecule has 1 saturated carbocycles. The molecule has 0 bridgehead atoms. The number of nitrogens with one attached hydrogen (secondary N) is 1. The minimum absolute atomic E-state index is 0.562. The molecule has 1 heterocycles. The van der Waals surface area contributed by atoms with Gasteiger partial charge in [0.25, 0.3) is 0 Å². The van der Waals surface area contributed by atoms with Crippen molar-refractivity contribution in [3.63, 3.8) is 0 Å². The Labute approximate surface area is 132 Å². The summed E-state index contributed by atoms with van der Waals surface area (Å²) in [4.78, 5) is 3.25. The van der Waals surface area contributed by atoms with E-state index in [1.165, 1.54) is 49.8 Å². The second-order valence-corrected chi connectivity index (χ2v) is 6.57. The first-order valence-electron chi connectivity index (χ1n) is 8.15. The van der Waals surface area contributed by atoms with Crippen LogP contribution in [-0.2, 0) is 0 Å². The molecule has 1 aromatic heterocycles. The molecule has 0 radical (unpaired) electrons. The van der Waals surface area contributed by atoms with Gasteiger partial charge in [-0.1, -0.05) is 50.1 Å². The third-order valence-corrected chi connectivity index (χ3v) is 5.07. The Kier molecular flexibility index (Phi) is 4.59. The van der Waals surface area contributed by atoms with E-state index in [1.54, 1.807) is 0 Å². The van der Waals surface area contributed by atoms with Crippen LogP contribution in [0.3, 0.4) is 0 Å². The molecule has 3 heteroatoms. The lowest BCUT2D eigenvalue weighted by atomic mass is 9.83. The first-order valence-corrected chi connectivity index (χ1v) is 8.55. The molecule has 0 spiro atoms. The van der Waals surface area contributed by atoms with Crippen molar-refractivity contribution in [2.45, 2.75) is 51.5 Å². The van der Waals surface area contributed by atoms with Gasteiger partial charge >= 0.3 is 0 Å². The second-order valence-electron chi connectivity index (χ2n) is 6.18. The van der Waals surface area contributed by atoms with Crippen molar-refractivity contribution >= 4 is 12.2 Å². The molecule has 0 atom stereocenters. The van der Waals surface area contributed by atoms with Gasteiger partial charge in [0.05, 0.1) is 5.69 Å². The number of imidazole rings is 1. The van der Waals surface area contributed by atoms with E-state index in [4.69, 9.17) is 12.2 Å². The van der Waals surface area contributed by atoms with Gasteiger partial charge in [0, 0.05) is 12.2 Å². The van der Waals surface area contributed by atoms with Gasteiger partial charge in [0.1, 0.15) is 0 Å². The van der Waals surface area contributed by atoms with Gasteiger partial charge in [-0.3, -0.25) is 0 Å². The zero-order valence-corrected chi connectivity index (χ0v) is 13.5. The fourth-order valence-corrected chi connectivity index (χ4v) is 3.98. The lowest BCUT2D eigenvalue weighted by Crippen LogP contribution is -2.19. The van der Waals surface area contributed by atoms with Crippen molar-refractivity contribution in [3.05, 3.63) is 41.3 Å². The monoisotopic (exact) mass is 300 g/mol. The first-order chi connectivity index (χ1) is 10.3. The van der Waals surface area contributed by atoms with Crippen molar-refractivity contribution in [2.75, 3.05) is 0 Å². The minimum atomic E-state index is 0.562. The summed E-state index contributed by atoms with van der Waals surface area (Å²) in [5.74, 6) is 0.930. The molecule has 2 aromatic rings. The van der Waals surface area contributed by atoms with Crippen molar-refractivity contribution in [2.24, 2.45) is 5.92 Å². The van der Waals surface area contributed by atoms with E-state index in [0.717, 1.165) is 10.7 Å². The maximum Gasteiger partial charge on any atom is 0.177 e. The van der Waals surface area contributed by atoms with Crippen LogP contribution >= 0.6 is 12.2 Å². The predicted octanol–water partition coefficient (Wildman–Crippen LogP) is 5.74. The van der Waals surface area contributed by atoms with Crippen LogP contribution in [-0.4, -0.2) is 9.55 Å². The van der Waals surface area contributed by atoms with E-state index in [9.17, 15) is 0 Å². The highest BCUT2D eigenvalue weighted by atomic mass is 32.1. The number of H-pyrrole nitrogens is 1. The van der Waals surface area contributed by atoms with Crippen LogP contribution in [0.5, 0.6) is 0 Å². The summed E-state index contributed by atoms with van der Waals surface area (Å²) in [5, 5.41) is 0. The third-order valence-electron chi connectivity index (χ3n) is 4.76. The Hall–Kier alpha value is -1.35. The molecule has 1 aliphatic carbocycles. The quantitative estimate of drug-likeness (QED) is 0.714. The molecule has 0 aliphatic heterocycles. The topological polar surface area (TPSA) is 20.7 Å². The first kappa shape index (κ1) is 14.6. The lowest BCUT2D eigenvalue weighted by molar-refractivity contribution is 0.262. The zero-order valence-electron chi connectivity index (χ0n) is 12.7. The second kappa shape index (κ2) is 6.61. The van der Waals surface area contributed by atoms with Crippen molar-refractivity contribution in [1.82, 2.24) is 9.55 Å². The highest BCUT2D eigenvalue weighted by molar-refractivity contribution is 7.71. The van der Waals surface area contributed by atoms with E-state index in [-0.39, 0.29) is 0 Å². The highest BCUT2D eigenvalue weighted by Gasteiger charge is 2.24. The Morgan fingerprint density at radius 3 is 2.52 bits per heavy atom. The maximum absolute atomic E-state index is 5.54. The molecule has 0 saturated heterocycles. The molecule has 3 rings (SSSR count). The van der Waals surface area contributed by atoms with Gasteiger partial charge in [-0.25, -0.2) is 0 Å². The normalized spacial score (nSPS) is 22.3. The summed E-state index contributed by atoms with van der Waals surface area (Å²) in [5.41, 5.74) is 2.49. The minimum Gasteiger partial charge on any atom is -0.337 e. The molecule has 1 aliphatic rings. The summed E-state index contributed by atoms with van der Waals surface area (Å²) in [6.45, 7) is 2.29. The van der Waals surface area contributed by atoms with Crippen molar-refractivity contribution < 1.29 is 0 Å². The molecular formula is C18H24N2S. The van der Waals surface area contributed by atoms with Gasteiger partial charge in [0.15, 0.2) is 4.77 Å². The molecular weight excluding hydrogens is 276 g/mol. The van der Waals surface area contributed by atoms with Crippen LogP contribution in [0.4, 0.5) is 0 Å². The van der Waals surface area contributed by atoms with Crippen LogP contribution in [0, 0.1) is 10.7 Å². The molecule has 0 amide bonds. The molecule has 21 heavy (non-hydrogen) atoms. The average Bonchev–Trinajstić information content (AvgIpc) is 2.91. The van der Waals surface area contributed by atoms with Gasteiger partial charge in [0.2, 0.25) is 0 Å². The van der Waals surface area contributed by atoms with E-state index in [0.29, 0.717) is 6.04 Å². The smallest absolute Gasteiger partial charge is 0.177 e. The Morgan fingerprint density at radius 1 is 1.14 bits per heavy atom. The number of nitrogens with zero attached hydrogens (tertiary/aromatic N) is 1. The van der Waals surface area contributed by atoms with Crippen molar-refractivity contribution in [3.8, 4) is 11.3 Å². The SMILES string of the molecule is CCCC1CCC(n2c(-c3ccccc3)c[nH]c2=S)CC1. The molecule has 0 unspecified atom stereocenters. The number of hydrogen-bond acceptors (Lipinski definition) is 1. The molecule has 1 fully saturated rings. The van der Waals surface area contributed by atoms with E-state index in [1.807, 2.05) is 0 Å². The van der Waals surface area contributed by atoms with E-state index < -0.39 is 0 Å². The van der Waals surface area contributed by atoms with Gasteiger partial charge < -0.3 is 9.55 Å². The van der Waals surface area contributed by atoms with Gasteiger partial charge in [-0.15, -0.1) is 0 Å². The number of aromatic amines is 1. The zero-order chi connectivity index (χ0) is 14.7. The molecule has 112 valence electrons. The molecule has 1 N–H and O–H groups in total. The van der Waals surface area contributed by atoms with Gasteiger partial charge in [-0.2, -0.15) is 0 Å². The molecule has 1 aromatic carbocycles. The van der Waals surface area contributed by atoms with E-state index >= 15 is 0 Å². The summed E-state index contributed by atoms with van der Waals surface area (Å²) in [6.07, 6.45) is 9.98. The van der Waals surface area contributed by atoms with Crippen LogP contribution in [0.25, 0.3) is 11.3 Å². The highest BCUT2D eigenvalue weighted by Crippen LogP contribution is 2.37. The fourth-order valence-electron chi connectivity index (χ4n) is 3.67. The number of hydrogen-bond donors (Lipinski definition) is 1. The van der Waals surface area contributed by atoms with Crippen LogP contribution in [0.1, 0.15) is 51.5 Å². The third kappa shape index (κ3) is 3.13. The summed E-state index contributed by atoms with van der Waals surface area (Å²) in [6, 6.07) is 11.1. The van der Waals surface area contributed by atoms with E-state index in [2.05, 4.69) is 53.0 Å². The van der Waals surface area contributed by atoms with Gasteiger partial charge in [-0.05, 0) is 49.4 Å². The van der Waals surface area contributed by atoms with Crippen LogP contribution < -0.4 is 0 Å². The Bertz CT molecular complexity index is 618. The summed E-state index contributed by atoms with van der Waals surface area (Å²) < 4.78 is 3.22. The van der Waals surface area contributed by atoms with Crippen LogP contribution in [0.15, 0.2) is 36.5 Å². The standard InChI is InChI=1S/C18H24N2S/c1-2-6-14-9-11-16(12-10-14)20-17(13-19-18(20)21)15-7-4-3-5-8-15/h3-5,7-8,13-14,16H,2,6,9-12H2,1H3,(H,19,21). The summed E-state index contributed by atoms with van der Waals surface area (Å²) in [7, 11) is 0. The fraction of sp³-hybridized carbons (Fsp3) is 0.500. The number of rotatable bonds is 4. The average molecular weight is 300 g/mol. The lowest BCUT2D eigenvalue weighted by Gasteiger charge is -2.30. The van der Waals surface area contributed by atoms with Crippen molar-refractivity contribution in [1.29, 1.82) is 0 Å². The Morgan fingerprint density at radius 2 is 1.86 bits per heavy atom. The Balaban J connectivity index is 1.84. The predicted molar refractivity (Wildman–Crippen MR) is 91.0 cm³/mol. The summed E-state index contributed by atoms with van der Waals surface area (Å²) >= 11 is 5.54. The van der Waals surface area contributed by atoms with Crippen LogP contribution in [0.2, 0.25) is 0 Å². The molecule has 2 nitrogen and oxygen atoms in total. The largest absolute Gasteiger partial charge is 0.337 e. The number of benzene rings is 1. The number of aromatic nitrogens is 2. The maximum atomic E-state index is 5.54.